The van der Waals surface area contributed by atoms with Crippen LogP contribution >= 0.6 is 0 Å². The molecule has 0 atom stereocenters. The predicted octanol–water partition coefficient (Wildman–Crippen LogP) is 6.52. The number of hydrogen-bond acceptors (Lipinski definition) is 0. The summed E-state index contributed by atoms with van der Waals surface area (Å²) in [6.07, 6.45) is 0. The van der Waals surface area contributed by atoms with Crippen LogP contribution in [0.1, 0.15) is 11.1 Å². The summed E-state index contributed by atoms with van der Waals surface area (Å²) in [7, 11) is 0. The maximum Gasteiger partial charge on any atom is -0.0469 e. The second kappa shape index (κ2) is 9.29. The smallest absolute Gasteiger partial charge is 0.0469 e. The number of aryl methyl sites for hydroxylation is 2. The maximum atomic E-state index is 2.33. The van der Waals surface area contributed by atoms with Gasteiger partial charge in [0.15, 0.2) is 0 Å². The van der Waals surface area contributed by atoms with E-state index < -0.39 is 0 Å². The molecule has 0 radical (unpaired) electrons. The van der Waals surface area contributed by atoms with Gasteiger partial charge >= 0.3 is 41.6 Å². The third-order valence-corrected chi connectivity index (χ3v) is 3.57. The first-order chi connectivity index (χ1) is 11.5. The molecule has 0 N–H and O–H groups in total. The van der Waals surface area contributed by atoms with E-state index in [0.29, 0.717) is 0 Å². The van der Waals surface area contributed by atoms with Crippen LogP contribution in [-0.2, 0) is 23.0 Å². The number of hydrogen-bond donors (Lipinski definition) is 0. The Kier molecular flexibility index (Phi) is 7.38. The Hall–Kier alpha value is -1.25. The van der Waals surface area contributed by atoms with Gasteiger partial charge in [0, 0.05) is 0 Å². The van der Waals surface area contributed by atoms with Crippen molar-refractivity contribution in [2.75, 3.05) is 0 Å². The van der Waals surface area contributed by atoms with Gasteiger partial charge in [0.2, 0.25) is 0 Å². The Morgan fingerprint density at radius 3 is 1.54 bits per heavy atom. The minimum Gasteiger partial charge on any atom is -0.214 e. The number of rotatable bonds is 0. The summed E-state index contributed by atoms with van der Waals surface area (Å²) in [5.74, 6) is 0. The van der Waals surface area contributed by atoms with Gasteiger partial charge in [-0.1, -0.05) is 35.4 Å². The van der Waals surface area contributed by atoms with E-state index in [0.717, 1.165) is 0 Å². The summed E-state index contributed by atoms with van der Waals surface area (Å²) in [5, 5.41) is 5.46. The quantitative estimate of drug-likeness (QED) is 0.193. The molecular formula is C22H24HfSi. The average molecular weight is 495 g/mol. The van der Waals surface area contributed by atoms with E-state index in [1.54, 1.807) is 0 Å². The number of benzene rings is 2. The Morgan fingerprint density at radius 2 is 1.21 bits per heavy atom. The van der Waals surface area contributed by atoms with Crippen LogP contribution in [0.4, 0.5) is 0 Å². The molecule has 0 bridgehead atoms. The van der Waals surface area contributed by atoms with Gasteiger partial charge in [0.1, 0.15) is 0 Å². The molecule has 0 aliphatic heterocycles. The van der Waals surface area contributed by atoms with Gasteiger partial charge in [-0.2, -0.15) is 18.2 Å². The van der Waals surface area contributed by atoms with Crippen LogP contribution < -0.4 is 0 Å². The average Bonchev–Trinajstić information content (AvgIpc) is 3.16. The fraction of sp³-hybridized carbons (Fsp3) is 0.182. The third kappa shape index (κ3) is 5.68. The summed E-state index contributed by atoms with van der Waals surface area (Å²) in [5.41, 5.74) is 2.92. The second-order valence-corrected chi connectivity index (χ2v) is 19.1. The van der Waals surface area contributed by atoms with Crippen molar-refractivity contribution in [3.05, 3.63) is 83.9 Å². The molecule has 0 unspecified atom stereocenters. The normalized spacial score (nSPS) is 9.92. The van der Waals surface area contributed by atoms with Gasteiger partial charge in [0.05, 0.1) is 0 Å². The second-order valence-electron chi connectivity index (χ2n) is 6.29. The van der Waals surface area contributed by atoms with Gasteiger partial charge in [-0.3, -0.25) is 0 Å². The van der Waals surface area contributed by atoms with Crippen LogP contribution in [-0.4, -0.2) is 5.49 Å². The van der Waals surface area contributed by atoms with Crippen LogP contribution in [0.5, 0.6) is 0 Å². The molecule has 0 saturated carbocycles. The summed E-state index contributed by atoms with van der Waals surface area (Å²) in [6.45, 7) is 8.94. The van der Waals surface area contributed by atoms with E-state index >= 15 is 0 Å². The molecule has 0 fully saturated rings. The van der Waals surface area contributed by atoms with Crippen molar-refractivity contribution in [1.82, 2.24) is 0 Å². The SMILES string of the molecule is C[Si](C)=[Hf+2].Cc1ccc2c(c1)[cH-]c1cc(C)ccc12.c1cc[cH-]c1. The van der Waals surface area contributed by atoms with Gasteiger partial charge in [-0.25, -0.2) is 12.1 Å². The molecule has 0 aromatic heterocycles. The van der Waals surface area contributed by atoms with Gasteiger partial charge in [-0.05, 0) is 13.8 Å². The Balaban J connectivity index is 0.000000192. The molecule has 24 heavy (non-hydrogen) atoms. The Labute approximate surface area is 160 Å². The van der Waals surface area contributed by atoms with Crippen molar-refractivity contribution in [3.8, 4) is 0 Å². The van der Waals surface area contributed by atoms with Crippen molar-refractivity contribution >= 4 is 27.0 Å². The van der Waals surface area contributed by atoms with Crippen molar-refractivity contribution in [2.45, 2.75) is 26.9 Å². The predicted molar refractivity (Wildman–Crippen MR) is 106 cm³/mol. The van der Waals surface area contributed by atoms with Crippen LogP contribution in [0.25, 0.3) is 21.5 Å². The third-order valence-electron chi connectivity index (χ3n) is 3.57. The van der Waals surface area contributed by atoms with E-state index in [9.17, 15) is 0 Å². The first-order valence-electron chi connectivity index (χ1n) is 8.22. The molecular weight excluding hydrogens is 471 g/mol. The summed E-state index contributed by atoms with van der Waals surface area (Å²) in [4.78, 5) is 0. The van der Waals surface area contributed by atoms with Crippen LogP contribution in [0.3, 0.4) is 0 Å². The molecule has 4 aromatic carbocycles. The molecule has 4 aromatic rings. The van der Waals surface area contributed by atoms with Gasteiger partial charge < -0.3 is 0 Å². The topological polar surface area (TPSA) is 0 Å². The molecule has 0 saturated heterocycles. The Morgan fingerprint density at radius 1 is 0.792 bits per heavy atom. The largest absolute Gasteiger partial charge is 0.214 e. The molecule has 0 amide bonds. The zero-order valence-corrected chi connectivity index (χ0v) is 19.5. The molecule has 0 nitrogen and oxygen atoms in total. The van der Waals surface area contributed by atoms with Gasteiger partial charge in [-0.15, -0.1) is 39.7 Å². The molecule has 120 valence electrons. The molecule has 4 rings (SSSR count). The minimum atomic E-state index is 0.259. The molecule has 0 aliphatic rings. The minimum absolute atomic E-state index is 0.259. The van der Waals surface area contributed by atoms with E-state index in [-0.39, 0.29) is 5.49 Å². The van der Waals surface area contributed by atoms with E-state index in [1.165, 1.54) is 55.7 Å². The fourth-order valence-electron chi connectivity index (χ4n) is 2.58. The maximum absolute atomic E-state index is 2.33. The monoisotopic (exact) mass is 496 g/mol. The van der Waals surface area contributed by atoms with Crippen LogP contribution in [0.15, 0.2) is 72.8 Å². The molecule has 2 heteroatoms. The fourth-order valence-corrected chi connectivity index (χ4v) is 2.58. The van der Waals surface area contributed by atoms with Crippen molar-refractivity contribution in [1.29, 1.82) is 0 Å². The first-order valence-corrected chi connectivity index (χ1v) is 16.1. The van der Waals surface area contributed by atoms with E-state index in [1.807, 2.05) is 30.3 Å². The first kappa shape index (κ1) is 19.1. The van der Waals surface area contributed by atoms with Crippen molar-refractivity contribution in [2.24, 2.45) is 0 Å². The zero-order valence-electron chi connectivity index (χ0n) is 14.9. The van der Waals surface area contributed by atoms with Crippen LogP contribution in [0.2, 0.25) is 13.1 Å². The molecule has 0 heterocycles. The molecule has 0 spiro atoms. The summed E-state index contributed by atoms with van der Waals surface area (Å²) >= 11 is 1.45. The molecule has 0 aliphatic carbocycles. The standard InChI is InChI=1S/C15H13.C5H5.C2H6Si.Hf/c1-10-3-5-14-12(7-10)9-13-8-11(2)4-6-15(13)14;1-2-4-5-3-1;1-3-2;/h3-9H,1-2H3;1-5H;1-2H3;/q2*-1;;+2. The zero-order chi connectivity index (χ0) is 17.5. The summed E-state index contributed by atoms with van der Waals surface area (Å²) < 4.78 is 0. The Bertz CT molecular complexity index is 836. The number of fused-ring (bicyclic) bond motifs is 3. The van der Waals surface area contributed by atoms with Gasteiger partial charge in [0.25, 0.3) is 0 Å². The van der Waals surface area contributed by atoms with E-state index in [2.05, 4.69) is 69.4 Å². The van der Waals surface area contributed by atoms with Crippen molar-refractivity contribution in [3.63, 3.8) is 0 Å². The van der Waals surface area contributed by atoms with Crippen molar-refractivity contribution < 1.29 is 23.0 Å². The van der Waals surface area contributed by atoms with Crippen LogP contribution in [0, 0.1) is 13.8 Å². The van der Waals surface area contributed by atoms with E-state index in [4.69, 9.17) is 0 Å². The summed E-state index contributed by atoms with van der Waals surface area (Å²) in [6, 6.07) is 25.6.